The Bertz CT molecular complexity index is 601. The molecule has 2 aromatic rings. The Hall–Kier alpha value is -2.14. The van der Waals surface area contributed by atoms with Crippen molar-refractivity contribution in [2.24, 2.45) is 0 Å². The number of pyridine rings is 1. The number of hydrogen-bond donors (Lipinski definition) is 2. The topological polar surface area (TPSA) is 54.0 Å². The summed E-state index contributed by atoms with van der Waals surface area (Å²) in [6.07, 6.45) is 1.55. The maximum atomic E-state index is 13.0. The first kappa shape index (κ1) is 13.3. The molecule has 4 nitrogen and oxygen atoms in total. The van der Waals surface area contributed by atoms with Gasteiger partial charge in [0.2, 0.25) is 0 Å². The number of nitrogens with zero attached hydrogens (tertiary/aromatic N) is 1. The average molecular weight is 280 g/mol. The highest BCUT2D eigenvalue weighted by Gasteiger charge is 2.08. The first-order valence-electron chi connectivity index (χ1n) is 5.50. The quantitative estimate of drug-likeness (QED) is 0.907. The third-order valence-electron chi connectivity index (χ3n) is 2.46. The summed E-state index contributed by atoms with van der Waals surface area (Å²) in [7, 11) is 1.76. The van der Waals surface area contributed by atoms with Crippen molar-refractivity contribution in [1.82, 2.24) is 4.98 Å². The van der Waals surface area contributed by atoms with Gasteiger partial charge in [0.15, 0.2) is 0 Å². The van der Waals surface area contributed by atoms with Crippen LogP contribution >= 0.6 is 11.6 Å². The van der Waals surface area contributed by atoms with E-state index >= 15 is 0 Å². The lowest BCUT2D eigenvalue weighted by Gasteiger charge is -2.06. The molecular weight excluding hydrogens is 269 g/mol. The van der Waals surface area contributed by atoms with Crippen LogP contribution < -0.4 is 10.6 Å². The van der Waals surface area contributed by atoms with Crippen LogP contribution in [0.1, 0.15) is 10.5 Å². The maximum absolute atomic E-state index is 13.0. The van der Waals surface area contributed by atoms with Crippen LogP contribution in [0, 0.1) is 5.82 Å². The zero-order valence-electron chi connectivity index (χ0n) is 10.1. The lowest BCUT2D eigenvalue weighted by molar-refractivity contribution is 0.102. The Labute approximate surface area is 114 Å². The molecule has 0 fully saturated rings. The van der Waals surface area contributed by atoms with Crippen LogP contribution in [-0.4, -0.2) is 17.9 Å². The fourth-order valence-corrected chi connectivity index (χ4v) is 1.63. The third kappa shape index (κ3) is 3.20. The van der Waals surface area contributed by atoms with Gasteiger partial charge in [0.1, 0.15) is 11.5 Å². The van der Waals surface area contributed by atoms with E-state index in [0.29, 0.717) is 5.69 Å². The van der Waals surface area contributed by atoms with Gasteiger partial charge in [-0.1, -0.05) is 11.6 Å². The van der Waals surface area contributed by atoms with Crippen LogP contribution in [0.2, 0.25) is 5.02 Å². The largest absolute Gasteiger partial charge is 0.387 e. The molecule has 0 radical (unpaired) electrons. The minimum absolute atomic E-state index is 0.0451. The Balaban J connectivity index is 2.13. The maximum Gasteiger partial charge on any atom is 0.274 e. The van der Waals surface area contributed by atoms with Crippen molar-refractivity contribution < 1.29 is 9.18 Å². The Morgan fingerprint density at radius 3 is 2.58 bits per heavy atom. The van der Waals surface area contributed by atoms with E-state index in [1.165, 1.54) is 18.2 Å². The first-order valence-corrected chi connectivity index (χ1v) is 5.88. The van der Waals surface area contributed by atoms with Crippen LogP contribution in [0.4, 0.5) is 15.8 Å². The third-order valence-corrected chi connectivity index (χ3v) is 2.75. The number of anilines is 2. The summed E-state index contributed by atoms with van der Waals surface area (Å²) in [6.45, 7) is 0. The number of benzene rings is 1. The average Bonchev–Trinajstić information content (AvgIpc) is 2.43. The number of hydrogen-bond acceptors (Lipinski definition) is 3. The molecule has 6 heteroatoms. The molecule has 2 N–H and O–H groups in total. The van der Waals surface area contributed by atoms with Crippen molar-refractivity contribution in [2.75, 3.05) is 17.7 Å². The van der Waals surface area contributed by atoms with Crippen LogP contribution in [0.5, 0.6) is 0 Å². The van der Waals surface area contributed by atoms with Gasteiger partial charge >= 0.3 is 0 Å². The molecule has 0 spiro atoms. The monoisotopic (exact) mass is 279 g/mol. The normalized spacial score (nSPS) is 10.1. The summed E-state index contributed by atoms with van der Waals surface area (Å²) in [4.78, 5) is 15.9. The molecule has 2 rings (SSSR count). The van der Waals surface area contributed by atoms with Crippen molar-refractivity contribution in [3.63, 3.8) is 0 Å². The van der Waals surface area contributed by atoms with Crippen molar-refractivity contribution >= 4 is 28.9 Å². The molecule has 98 valence electrons. The molecule has 19 heavy (non-hydrogen) atoms. The number of aromatic nitrogens is 1. The smallest absolute Gasteiger partial charge is 0.274 e. The van der Waals surface area contributed by atoms with Crippen LogP contribution in [0.3, 0.4) is 0 Å². The Morgan fingerprint density at radius 1 is 1.26 bits per heavy atom. The van der Waals surface area contributed by atoms with Crippen molar-refractivity contribution in [1.29, 1.82) is 0 Å². The van der Waals surface area contributed by atoms with Gasteiger partial charge < -0.3 is 10.6 Å². The minimum atomic E-state index is -0.531. The van der Waals surface area contributed by atoms with E-state index < -0.39 is 5.82 Å². The fraction of sp³-hybridized carbons (Fsp3) is 0.0769. The summed E-state index contributed by atoms with van der Waals surface area (Å²) in [5.41, 5.74) is 1.48. The molecule has 1 aromatic heterocycles. The second-order valence-electron chi connectivity index (χ2n) is 3.77. The Morgan fingerprint density at radius 2 is 2.00 bits per heavy atom. The van der Waals surface area contributed by atoms with E-state index in [1.54, 1.807) is 25.4 Å². The van der Waals surface area contributed by atoms with Crippen molar-refractivity contribution in [3.8, 4) is 0 Å². The molecule has 0 unspecified atom stereocenters. The summed E-state index contributed by atoms with van der Waals surface area (Å²) >= 11 is 5.63. The SMILES string of the molecule is CNc1ccc(C(=O)Nc2ccc(F)c(Cl)c2)nc1. The summed E-state index contributed by atoms with van der Waals surface area (Å²) in [6, 6.07) is 7.29. The zero-order valence-corrected chi connectivity index (χ0v) is 10.8. The van der Waals surface area contributed by atoms with Crippen LogP contribution in [0.15, 0.2) is 36.5 Å². The van der Waals surface area contributed by atoms with Gasteiger partial charge in [0.25, 0.3) is 5.91 Å². The highest BCUT2D eigenvalue weighted by Crippen LogP contribution is 2.19. The fourth-order valence-electron chi connectivity index (χ4n) is 1.45. The number of amides is 1. The molecular formula is C13H11ClFN3O. The summed E-state index contributed by atoms with van der Waals surface area (Å²) in [5.74, 6) is -0.915. The Kier molecular flexibility index (Phi) is 3.97. The van der Waals surface area contributed by atoms with Gasteiger partial charge in [0.05, 0.1) is 16.9 Å². The molecule has 0 aliphatic rings. The number of nitrogens with one attached hydrogen (secondary N) is 2. The first-order chi connectivity index (χ1) is 9.10. The number of carbonyl (C=O) groups excluding carboxylic acids is 1. The van der Waals surface area contributed by atoms with E-state index in [0.717, 1.165) is 5.69 Å². The van der Waals surface area contributed by atoms with Gasteiger partial charge in [-0.2, -0.15) is 0 Å². The molecule has 1 heterocycles. The number of carbonyl (C=O) groups is 1. The zero-order chi connectivity index (χ0) is 13.8. The van der Waals surface area contributed by atoms with E-state index in [9.17, 15) is 9.18 Å². The van der Waals surface area contributed by atoms with Crippen LogP contribution in [-0.2, 0) is 0 Å². The minimum Gasteiger partial charge on any atom is -0.387 e. The van der Waals surface area contributed by atoms with Gasteiger partial charge in [-0.05, 0) is 30.3 Å². The molecule has 1 amide bonds. The molecule has 0 atom stereocenters. The predicted molar refractivity (Wildman–Crippen MR) is 73.1 cm³/mol. The number of halogens is 2. The standard InChI is InChI=1S/C13H11ClFN3O/c1-16-9-3-5-12(17-7-9)13(19)18-8-2-4-11(15)10(14)6-8/h2-7,16H,1H3,(H,18,19). The second-order valence-corrected chi connectivity index (χ2v) is 4.17. The van der Waals surface area contributed by atoms with Gasteiger partial charge in [-0.3, -0.25) is 4.79 Å². The van der Waals surface area contributed by atoms with E-state index in [4.69, 9.17) is 11.6 Å². The van der Waals surface area contributed by atoms with Crippen molar-refractivity contribution in [3.05, 3.63) is 53.1 Å². The molecule has 0 bridgehead atoms. The highest BCUT2D eigenvalue weighted by atomic mass is 35.5. The van der Waals surface area contributed by atoms with Crippen LogP contribution in [0.25, 0.3) is 0 Å². The summed E-state index contributed by atoms with van der Waals surface area (Å²) < 4.78 is 13.0. The molecule has 0 saturated heterocycles. The molecule has 0 aliphatic heterocycles. The summed E-state index contributed by atoms with van der Waals surface area (Å²) in [5, 5.41) is 5.45. The molecule has 1 aromatic carbocycles. The van der Waals surface area contributed by atoms with E-state index in [2.05, 4.69) is 15.6 Å². The molecule has 0 aliphatic carbocycles. The van der Waals surface area contributed by atoms with Crippen molar-refractivity contribution in [2.45, 2.75) is 0 Å². The predicted octanol–water partition coefficient (Wildman–Crippen LogP) is 3.17. The van der Waals surface area contributed by atoms with Gasteiger partial charge in [-0.25, -0.2) is 9.37 Å². The van der Waals surface area contributed by atoms with E-state index in [1.807, 2.05) is 0 Å². The number of rotatable bonds is 3. The lowest BCUT2D eigenvalue weighted by atomic mass is 10.2. The van der Waals surface area contributed by atoms with E-state index in [-0.39, 0.29) is 16.6 Å². The lowest BCUT2D eigenvalue weighted by Crippen LogP contribution is -2.13. The molecule has 0 saturated carbocycles. The highest BCUT2D eigenvalue weighted by molar-refractivity contribution is 6.31. The van der Waals surface area contributed by atoms with Gasteiger partial charge in [0, 0.05) is 12.7 Å². The van der Waals surface area contributed by atoms with Gasteiger partial charge in [-0.15, -0.1) is 0 Å². The second kappa shape index (κ2) is 5.67.